The van der Waals surface area contributed by atoms with E-state index in [0.29, 0.717) is 28.1 Å². The summed E-state index contributed by atoms with van der Waals surface area (Å²) in [6.45, 7) is 3.37. The molecule has 4 rings (SSSR count). The smallest absolute Gasteiger partial charge is 0.550 e. The third kappa shape index (κ3) is 10.3. The SMILES string of the molecule is CC(C)c1c(S(=O)(=O)NCc2ccc(S(C)(=O)=O)cc2)c(-c2ccc(F)cc2)c(-c2ccc(F)cc2)n1CCC(O)CC(O)CC(=O)[O-].[Na+]. The van der Waals surface area contributed by atoms with Crippen molar-refractivity contribution < 1.29 is 75.3 Å². The van der Waals surface area contributed by atoms with Gasteiger partial charge in [-0.05, 0) is 84.0 Å². The largest absolute Gasteiger partial charge is 1.00 e. The van der Waals surface area contributed by atoms with Crippen LogP contribution in [0.2, 0.25) is 0 Å². The summed E-state index contributed by atoms with van der Waals surface area (Å²) in [5, 5.41) is 31.7. The zero-order valence-electron chi connectivity index (χ0n) is 27.6. The van der Waals surface area contributed by atoms with Crippen LogP contribution in [0.5, 0.6) is 0 Å². The van der Waals surface area contributed by atoms with Crippen LogP contribution in [-0.2, 0) is 37.7 Å². The average Bonchev–Trinajstić information content (AvgIpc) is 3.35. The van der Waals surface area contributed by atoms with Gasteiger partial charge in [0.05, 0.1) is 22.8 Å². The number of aliphatic hydroxyl groups excluding tert-OH is 2. The number of hydrogen-bond donors (Lipinski definition) is 3. The van der Waals surface area contributed by atoms with E-state index in [9.17, 15) is 45.7 Å². The predicted octanol–water partition coefficient (Wildman–Crippen LogP) is 0.752. The Hall–Kier alpha value is -2.95. The van der Waals surface area contributed by atoms with Crippen molar-refractivity contribution in [3.63, 3.8) is 0 Å². The Morgan fingerprint density at radius 2 is 1.39 bits per heavy atom. The molecule has 258 valence electrons. The molecule has 0 aliphatic rings. The van der Waals surface area contributed by atoms with E-state index in [1.807, 2.05) is 0 Å². The van der Waals surface area contributed by atoms with Crippen LogP contribution in [0.15, 0.2) is 82.6 Å². The van der Waals surface area contributed by atoms with Gasteiger partial charge in [0.2, 0.25) is 10.0 Å². The van der Waals surface area contributed by atoms with Crippen LogP contribution in [0, 0.1) is 11.6 Å². The molecule has 2 atom stereocenters. The van der Waals surface area contributed by atoms with Gasteiger partial charge in [0.15, 0.2) is 9.84 Å². The summed E-state index contributed by atoms with van der Waals surface area (Å²) in [4.78, 5) is 10.9. The Morgan fingerprint density at radius 1 is 0.857 bits per heavy atom. The number of sulfone groups is 1. The topological polar surface area (TPSA) is 166 Å². The Kier molecular flexibility index (Phi) is 13.9. The van der Waals surface area contributed by atoms with Crippen molar-refractivity contribution in [1.29, 1.82) is 0 Å². The molecular formula is C34H37F2N2NaO8S2. The van der Waals surface area contributed by atoms with Gasteiger partial charge in [-0.3, -0.25) is 0 Å². The maximum atomic E-state index is 14.4. The number of halogens is 2. The van der Waals surface area contributed by atoms with Gasteiger partial charge in [0, 0.05) is 43.0 Å². The number of nitrogens with one attached hydrogen (secondary N) is 1. The second-order valence-corrected chi connectivity index (χ2v) is 15.6. The van der Waals surface area contributed by atoms with Crippen LogP contribution in [0.4, 0.5) is 8.78 Å². The summed E-state index contributed by atoms with van der Waals surface area (Å²) < 4.78 is 85.0. The van der Waals surface area contributed by atoms with Gasteiger partial charge < -0.3 is 24.7 Å². The van der Waals surface area contributed by atoms with E-state index in [1.54, 1.807) is 18.4 Å². The van der Waals surface area contributed by atoms with Crippen LogP contribution in [-0.4, -0.2) is 56.0 Å². The molecule has 0 fully saturated rings. The van der Waals surface area contributed by atoms with Crippen LogP contribution in [0.25, 0.3) is 22.4 Å². The standard InChI is InChI=1S/C34H38F2N2O8S2.Na/c1-21(2)32-34(48(45,46)37-20-22-4-14-29(15-5-22)47(3,43)44)31(23-6-10-25(35)11-7-23)33(24-8-12-26(36)13-9-24)38(32)17-16-27(39)18-28(40)19-30(41)42;/h4-15,21,27-28,37,39-40H,16-20H2,1-3H3,(H,41,42);/q;+1/p-1. The first-order valence-corrected chi connectivity index (χ1v) is 18.5. The van der Waals surface area contributed by atoms with Crippen LogP contribution in [0.3, 0.4) is 0 Å². The van der Waals surface area contributed by atoms with Gasteiger partial charge in [-0.25, -0.2) is 30.3 Å². The molecule has 0 saturated heterocycles. The minimum Gasteiger partial charge on any atom is -0.550 e. The number of carboxylic acids is 1. The van der Waals surface area contributed by atoms with Crippen molar-refractivity contribution in [3.05, 3.63) is 95.7 Å². The summed E-state index contributed by atoms with van der Waals surface area (Å²) in [6, 6.07) is 16.4. The fourth-order valence-electron chi connectivity index (χ4n) is 5.57. The van der Waals surface area contributed by atoms with Gasteiger partial charge in [-0.1, -0.05) is 38.1 Å². The van der Waals surface area contributed by atoms with E-state index < -0.39 is 62.0 Å². The van der Waals surface area contributed by atoms with Crippen LogP contribution >= 0.6 is 0 Å². The van der Waals surface area contributed by atoms with Gasteiger partial charge in [0.1, 0.15) is 16.5 Å². The molecule has 0 spiro atoms. The average molecular weight is 727 g/mol. The number of rotatable bonds is 15. The number of aliphatic carboxylic acids is 1. The van der Waals surface area contributed by atoms with Crippen molar-refractivity contribution in [2.75, 3.05) is 6.26 Å². The summed E-state index contributed by atoms with van der Waals surface area (Å²) in [5.41, 5.74) is 2.15. The molecule has 49 heavy (non-hydrogen) atoms. The molecule has 4 aromatic rings. The number of aliphatic hydroxyl groups is 2. The normalized spacial score (nSPS) is 13.2. The Labute approximate surface area is 307 Å². The third-order valence-corrected chi connectivity index (χ3v) is 10.4. The molecule has 15 heteroatoms. The van der Waals surface area contributed by atoms with Gasteiger partial charge >= 0.3 is 29.6 Å². The first kappa shape index (κ1) is 40.5. The Morgan fingerprint density at radius 3 is 1.88 bits per heavy atom. The molecule has 0 aliphatic heterocycles. The van der Waals surface area contributed by atoms with E-state index in [1.165, 1.54) is 72.8 Å². The molecule has 0 bridgehead atoms. The molecule has 0 radical (unpaired) electrons. The Bertz CT molecular complexity index is 1970. The number of carboxylic acid groups (broad SMARTS) is 1. The van der Waals surface area contributed by atoms with Crippen LogP contribution in [0.1, 0.15) is 50.3 Å². The molecule has 0 amide bonds. The maximum Gasteiger partial charge on any atom is 1.00 e. The molecule has 10 nitrogen and oxygen atoms in total. The van der Waals surface area contributed by atoms with Crippen molar-refractivity contribution in [1.82, 2.24) is 9.29 Å². The monoisotopic (exact) mass is 726 g/mol. The number of aromatic nitrogens is 1. The quantitative estimate of drug-likeness (QED) is 0.151. The minimum absolute atomic E-state index is 0. The fraction of sp³-hybridized carbons (Fsp3) is 0.324. The molecule has 1 heterocycles. The number of benzene rings is 3. The second kappa shape index (κ2) is 16.8. The summed E-state index contributed by atoms with van der Waals surface area (Å²) in [6.07, 6.45) is -2.43. The molecule has 0 saturated carbocycles. The zero-order valence-corrected chi connectivity index (χ0v) is 31.2. The van der Waals surface area contributed by atoms with E-state index >= 15 is 0 Å². The number of sulfonamides is 1. The van der Waals surface area contributed by atoms with E-state index in [-0.39, 0.29) is 70.8 Å². The van der Waals surface area contributed by atoms with E-state index in [0.717, 1.165) is 6.26 Å². The molecule has 1 aromatic heterocycles. The first-order valence-electron chi connectivity index (χ1n) is 15.1. The Balaban J connectivity index is 0.00000650. The van der Waals surface area contributed by atoms with E-state index in [2.05, 4.69) is 4.72 Å². The van der Waals surface area contributed by atoms with Gasteiger partial charge in [-0.2, -0.15) is 0 Å². The minimum atomic E-state index is -4.38. The molecule has 2 unspecified atom stereocenters. The first-order chi connectivity index (χ1) is 22.5. The molecule has 3 aromatic carbocycles. The number of hydrogen-bond acceptors (Lipinski definition) is 8. The molecular weight excluding hydrogens is 690 g/mol. The van der Waals surface area contributed by atoms with Crippen molar-refractivity contribution in [3.8, 4) is 22.4 Å². The molecule has 0 aliphatic carbocycles. The summed E-state index contributed by atoms with van der Waals surface area (Å²) >= 11 is 0. The maximum absolute atomic E-state index is 14.4. The number of nitrogens with zero attached hydrogens (tertiary/aromatic N) is 1. The number of carbonyl (C=O) groups is 1. The van der Waals surface area contributed by atoms with Crippen molar-refractivity contribution in [2.45, 2.75) is 74.1 Å². The summed E-state index contributed by atoms with van der Waals surface area (Å²) in [5.74, 6) is -3.00. The summed E-state index contributed by atoms with van der Waals surface area (Å²) in [7, 11) is -7.85. The second-order valence-electron chi connectivity index (χ2n) is 11.9. The third-order valence-electron chi connectivity index (χ3n) is 7.77. The van der Waals surface area contributed by atoms with Gasteiger partial charge in [0.25, 0.3) is 0 Å². The zero-order chi connectivity index (χ0) is 35.4. The van der Waals surface area contributed by atoms with Crippen molar-refractivity contribution in [2.24, 2.45) is 0 Å². The van der Waals surface area contributed by atoms with Crippen LogP contribution < -0.4 is 39.4 Å². The number of carbonyl (C=O) groups excluding carboxylic acids is 1. The van der Waals surface area contributed by atoms with Gasteiger partial charge in [-0.15, -0.1) is 0 Å². The van der Waals surface area contributed by atoms with Crippen molar-refractivity contribution >= 4 is 25.8 Å². The van der Waals surface area contributed by atoms with E-state index in [4.69, 9.17) is 0 Å². The predicted molar refractivity (Wildman–Crippen MR) is 174 cm³/mol. The fourth-order valence-corrected chi connectivity index (χ4v) is 7.81. The molecule has 3 N–H and O–H groups in total.